The Morgan fingerprint density at radius 1 is 1.37 bits per heavy atom. The summed E-state index contributed by atoms with van der Waals surface area (Å²) in [5, 5.41) is 3.21. The van der Waals surface area contributed by atoms with E-state index >= 15 is 0 Å². The summed E-state index contributed by atoms with van der Waals surface area (Å²) in [6.45, 7) is 0. The number of thioether (sulfide) groups is 1. The lowest BCUT2D eigenvalue weighted by Gasteiger charge is -2.20. The van der Waals surface area contributed by atoms with Crippen molar-refractivity contribution in [1.82, 2.24) is 0 Å². The molecule has 1 aromatic carbocycles. The summed E-state index contributed by atoms with van der Waals surface area (Å²) in [4.78, 5) is 11.8. The van der Waals surface area contributed by atoms with Gasteiger partial charge in [0.25, 0.3) is 0 Å². The van der Waals surface area contributed by atoms with E-state index < -0.39 is 5.82 Å². The van der Waals surface area contributed by atoms with Crippen molar-refractivity contribution < 1.29 is 9.18 Å². The van der Waals surface area contributed by atoms with Crippen LogP contribution in [0.5, 0.6) is 0 Å². The van der Waals surface area contributed by atoms with E-state index in [1.165, 1.54) is 38.2 Å². The molecule has 1 aromatic rings. The van der Waals surface area contributed by atoms with Gasteiger partial charge in [-0.2, -0.15) is 0 Å². The molecule has 104 valence electrons. The van der Waals surface area contributed by atoms with Crippen LogP contribution in [-0.4, -0.2) is 16.9 Å². The van der Waals surface area contributed by atoms with Crippen LogP contribution >= 0.6 is 27.7 Å². The van der Waals surface area contributed by atoms with Crippen molar-refractivity contribution >= 4 is 39.3 Å². The van der Waals surface area contributed by atoms with Crippen LogP contribution in [0.25, 0.3) is 0 Å². The van der Waals surface area contributed by atoms with Gasteiger partial charge in [0.15, 0.2) is 0 Å². The summed E-state index contributed by atoms with van der Waals surface area (Å²) in [7, 11) is 0. The molecule has 0 atom stereocenters. The van der Waals surface area contributed by atoms with Crippen LogP contribution in [0.1, 0.15) is 32.1 Å². The lowest BCUT2D eigenvalue weighted by Crippen LogP contribution is -2.18. The third kappa shape index (κ3) is 4.80. The van der Waals surface area contributed by atoms with Crippen molar-refractivity contribution in [2.45, 2.75) is 37.4 Å². The highest BCUT2D eigenvalue weighted by molar-refractivity contribution is 9.10. The van der Waals surface area contributed by atoms with E-state index in [4.69, 9.17) is 0 Å². The highest BCUT2D eigenvalue weighted by Crippen LogP contribution is 2.28. The van der Waals surface area contributed by atoms with Crippen LogP contribution in [0.4, 0.5) is 10.1 Å². The maximum Gasteiger partial charge on any atom is 0.234 e. The van der Waals surface area contributed by atoms with E-state index in [9.17, 15) is 9.18 Å². The van der Waals surface area contributed by atoms with Crippen molar-refractivity contribution in [2.75, 3.05) is 11.1 Å². The number of halogens is 2. The zero-order valence-corrected chi connectivity index (χ0v) is 13.0. The quantitative estimate of drug-likeness (QED) is 0.864. The molecule has 0 saturated heterocycles. The summed E-state index contributed by atoms with van der Waals surface area (Å²) in [5.41, 5.74) is 0.248. The maximum absolute atomic E-state index is 13.6. The lowest BCUT2D eigenvalue weighted by molar-refractivity contribution is -0.113. The molecule has 1 saturated carbocycles. The van der Waals surface area contributed by atoms with Gasteiger partial charge in [-0.1, -0.05) is 35.2 Å². The Morgan fingerprint density at radius 2 is 2.11 bits per heavy atom. The summed E-state index contributed by atoms with van der Waals surface area (Å²) in [6, 6.07) is 4.64. The van der Waals surface area contributed by atoms with E-state index in [-0.39, 0.29) is 11.6 Å². The lowest BCUT2D eigenvalue weighted by atomic mass is 10.0. The summed E-state index contributed by atoms with van der Waals surface area (Å²) >= 11 is 4.88. The van der Waals surface area contributed by atoms with Gasteiger partial charge in [-0.05, 0) is 31.0 Å². The largest absolute Gasteiger partial charge is 0.323 e. The Bertz CT molecular complexity index is 449. The number of hydrogen-bond donors (Lipinski definition) is 1. The van der Waals surface area contributed by atoms with Gasteiger partial charge in [-0.25, -0.2) is 4.39 Å². The van der Waals surface area contributed by atoms with E-state index in [1.807, 2.05) is 0 Å². The predicted molar refractivity (Wildman–Crippen MR) is 82.1 cm³/mol. The number of benzene rings is 1. The van der Waals surface area contributed by atoms with Crippen LogP contribution in [0.2, 0.25) is 0 Å². The van der Waals surface area contributed by atoms with Crippen molar-refractivity contribution in [3.8, 4) is 0 Å². The summed E-state index contributed by atoms with van der Waals surface area (Å²) in [6.07, 6.45) is 6.24. The molecule has 19 heavy (non-hydrogen) atoms. The smallest absolute Gasteiger partial charge is 0.234 e. The second-order valence-electron chi connectivity index (χ2n) is 4.74. The minimum Gasteiger partial charge on any atom is -0.323 e. The number of amides is 1. The van der Waals surface area contributed by atoms with E-state index in [1.54, 1.807) is 23.9 Å². The summed E-state index contributed by atoms with van der Waals surface area (Å²) in [5.74, 6) is -0.137. The molecule has 0 bridgehead atoms. The molecular weight excluding hydrogens is 329 g/mol. The second-order valence-corrected chi connectivity index (χ2v) is 6.95. The highest BCUT2D eigenvalue weighted by Gasteiger charge is 2.15. The average molecular weight is 346 g/mol. The van der Waals surface area contributed by atoms with Gasteiger partial charge in [0, 0.05) is 9.72 Å². The van der Waals surface area contributed by atoms with Crippen LogP contribution in [-0.2, 0) is 4.79 Å². The molecule has 0 unspecified atom stereocenters. The van der Waals surface area contributed by atoms with Crippen LogP contribution in [0.15, 0.2) is 22.7 Å². The Morgan fingerprint density at radius 3 is 2.79 bits per heavy atom. The maximum atomic E-state index is 13.6. The first-order valence-electron chi connectivity index (χ1n) is 6.51. The van der Waals surface area contributed by atoms with E-state index in [0.717, 1.165) is 0 Å². The van der Waals surface area contributed by atoms with Gasteiger partial charge in [0.05, 0.1) is 11.4 Å². The minimum atomic E-state index is -0.412. The summed E-state index contributed by atoms with van der Waals surface area (Å²) < 4.78 is 14.2. The van der Waals surface area contributed by atoms with Gasteiger partial charge >= 0.3 is 0 Å². The fourth-order valence-corrected chi connectivity index (χ4v) is 3.66. The molecule has 1 aliphatic carbocycles. The monoisotopic (exact) mass is 345 g/mol. The van der Waals surface area contributed by atoms with Gasteiger partial charge in [0.1, 0.15) is 5.82 Å². The number of hydrogen-bond acceptors (Lipinski definition) is 2. The molecule has 1 amide bonds. The standard InChI is InChI=1S/C14H17BrFNOS/c15-10-6-7-13(12(16)8-10)17-14(18)9-19-11-4-2-1-3-5-11/h6-8,11H,1-5,9H2,(H,17,18). The van der Waals surface area contributed by atoms with E-state index in [0.29, 0.717) is 15.5 Å². The highest BCUT2D eigenvalue weighted by atomic mass is 79.9. The van der Waals surface area contributed by atoms with Crippen LogP contribution in [0, 0.1) is 5.82 Å². The third-order valence-electron chi connectivity index (χ3n) is 3.21. The van der Waals surface area contributed by atoms with Gasteiger partial charge in [0.2, 0.25) is 5.91 Å². The van der Waals surface area contributed by atoms with Gasteiger partial charge < -0.3 is 5.32 Å². The van der Waals surface area contributed by atoms with Crippen LogP contribution in [0.3, 0.4) is 0 Å². The molecule has 2 nitrogen and oxygen atoms in total. The molecular formula is C14H17BrFNOS. The normalized spacial score (nSPS) is 16.3. The Kier molecular flexibility index (Phi) is 5.70. The van der Waals surface area contributed by atoms with Crippen molar-refractivity contribution in [3.63, 3.8) is 0 Å². The molecule has 0 aliphatic heterocycles. The predicted octanol–water partition coefficient (Wildman–Crippen LogP) is 4.59. The average Bonchev–Trinajstić information content (AvgIpc) is 2.41. The Labute approximate surface area is 125 Å². The first-order valence-corrected chi connectivity index (χ1v) is 8.36. The first-order chi connectivity index (χ1) is 9.15. The number of carbonyl (C=O) groups is 1. The molecule has 2 rings (SSSR count). The molecule has 0 spiro atoms. The number of anilines is 1. The fraction of sp³-hybridized carbons (Fsp3) is 0.500. The first kappa shape index (κ1) is 14.9. The van der Waals surface area contributed by atoms with Crippen molar-refractivity contribution in [3.05, 3.63) is 28.5 Å². The Balaban J connectivity index is 1.80. The molecule has 0 radical (unpaired) electrons. The topological polar surface area (TPSA) is 29.1 Å². The fourth-order valence-electron chi connectivity index (χ4n) is 2.20. The molecule has 0 aromatic heterocycles. The zero-order chi connectivity index (χ0) is 13.7. The van der Waals surface area contributed by atoms with Crippen LogP contribution < -0.4 is 5.32 Å². The molecule has 1 fully saturated rings. The van der Waals surface area contributed by atoms with Crippen molar-refractivity contribution in [2.24, 2.45) is 0 Å². The molecule has 1 N–H and O–H groups in total. The SMILES string of the molecule is O=C(CSC1CCCCC1)Nc1ccc(Br)cc1F. The van der Waals surface area contributed by atoms with Crippen molar-refractivity contribution in [1.29, 1.82) is 0 Å². The third-order valence-corrected chi connectivity index (χ3v) is 5.07. The zero-order valence-electron chi connectivity index (χ0n) is 10.6. The number of nitrogens with one attached hydrogen (secondary N) is 1. The molecule has 0 heterocycles. The number of rotatable bonds is 4. The van der Waals surface area contributed by atoms with Gasteiger partial charge in [-0.3, -0.25) is 4.79 Å². The van der Waals surface area contributed by atoms with Gasteiger partial charge in [-0.15, -0.1) is 11.8 Å². The minimum absolute atomic E-state index is 0.128. The second kappa shape index (κ2) is 7.29. The Hall–Kier alpha value is -0.550. The molecule has 1 aliphatic rings. The molecule has 5 heteroatoms. The number of carbonyl (C=O) groups excluding carboxylic acids is 1. The van der Waals surface area contributed by atoms with E-state index in [2.05, 4.69) is 21.2 Å².